The number of aryl methyl sites for hydroxylation is 1. The van der Waals surface area contributed by atoms with Gasteiger partial charge in [-0.15, -0.1) is 0 Å². The molecule has 22 heavy (non-hydrogen) atoms. The van der Waals surface area contributed by atoms with Crippen molar-refractivity contribution in [3.63, 3.8) is 0 Å². The third kappa shape index (κ3) is 3.81. The molecule has 0 aromatic heterocycles. The summed E-state index contributed by atoms with van der Waals surface area (Å²) in [4.78, 5) is 11.9. The summed E-state index contributed by atoms with van der Waals surface area (Å²) in [7, 11) is 0. The Balaban J connectivity index is 1.87. The van der Waals surface area contributed by atoms with Gasteiger partial charge in [0, 0.05) is 12.0 Å². The minimum Gasteiger partial charge on any atom is -0.503 e. The van der Waals surface area contributed by atoms with E-state index in [4.69, 9.17) is 9.84 Å². The van der Waals surface area contributed by atoms with E-state index in [0.717, 1.165) is 23.4 Å². The standard InChI is InChI=1S/C17H16F2O3/c1-11-5-2-3-7-16(11)22-8-4-6-15(20)12-9-13(18)17(21)14(19)10-12/h2-3,5,7,9-10,21H,4,6,8H2,1H3. The molecule has 5 heteroatoms. The van der Waals surface area contributed by atoms with Gasteiger partial charge in [-0.1, -0.05) is 18.2 Å². The Morgan fingerprint density at radius 2 is 1.82 bits per heavy atom. The summed E-state index contributed by atoms with van der Waals surface area (Å²) in [6, 6.07) is 9.19. The molecule has 0 atom stereocenters. The smallest absolute Gasteiger partial charge is 0.187 e. The highest BCUT2D eigenvalue weighted by Crippen LogP contribution is 2.22. The van der Waals surface area contributed by atoms with Crippen LogP contribution in [0.2, 0.25) is 0 Å². The third-order valence-corrected chi connectivity index (χ3v) is 3.24. The van der Waals surface area contributed by atoms with E-state index < -0.39 is 23.2 Å². The average Bonchev–Trinajstić information content (AvgIpc) is 2.50. The SMILES string of the molecule is Cc1ccccc1OCCCC(=O)c1cc(F)c(O)c(F)c1. The second-order valence-electron chi connectivity index (χ2n) is 4.93. The molecule has 0 bridgehead atoms. The van der Waals surface area contributed by atoms with E-state index in [-0.39, 0.29) is 12.0 Å². The van der Waals surface area contributed by atoms with E-state index >= 15 is 0 Å². The summed E-state index contributed by atoms with van der Waals surface area (Å²) in [5.74, 6) is -3.00. The maximum absolute atomic E-state index is 13.2. The molecule has 0 heterocycles. The number of hydrogen-bond acceptors (Lipinski definition) is 3. The van der Waals surface area contributed by atoms with Crippen LogP contribution in [0.25, 0.3) is 0 Å². The van der Waals surface area contributed by atoms with Gasteiger partial charge in [0.05, 0.1) is 6.61 Å². The van der Waals surface area contributed by atoms with Crippen molar-refractivity contribution in [1.29, 1.82) is 0 Å². The number of halogens is 2. The van der Waals surface area contributed by atoms with Crippen LogP contribution in [0.5, 0.6) is 11.5 Å². The fourth-order valence-electron chi connectivity index (χ4n) is 2.00. The molecular formula is C17H16F2O3. The van der Waals surface area contributed by atoms with Crippen molar-refractivity contribution < 1.29 is 23.4 Å². The van der Waals surface area contributed by atoms with Crippen molar-refractivity contribution >= 4 is 5.78 Å². The number of aromatic hydroxyl groups is 1. The number of benzene rings is 2. The van der Waals surface area contributed by atoms with E-state index in [0.29, 0.717) is 13.0 Å². The van der Waals surface area contributed by atoms with Gasteiger partial charge >= 0.3 is 0 Å². The lowest BCUT2D eigenvalue weighted by Gasteiger charge is -2.08. The summed E-state index contributed by atoms with van der Waals surface area (Å²) >= 11 is 0. The quantitative estimate of drug-likeness (QED) is 0.647. The lowest BCUT2D eigenvalue weighted by Crippen LogP contribution is -2.05. The van der Waals surface area contributed by atoms with Crippen molar-refractivity contribution in [3.8, 4) is 11.5 Å². The van der Waals surface area contributed by atoms with Crippen LogP contribution in [0.3, 0.4) is 0 Å². The molecule has 2 aromatic rings. The van der Waals surface area contributed by atoms with Gasteiger partial charge in [-0.3, -0.25) is 4.79 Å². The summed E-state index contributed by atoms with van der Waals surface area (Å²) in [6.07, 6.45) is 0.535. The number of rotatable bonds is 6. The molecule has 0 amide bonds. The monoisotopic (exact) mass is 306 g/mol. The number of para-hydroxylation sites is 1. The molecule has 0 aliphatic heterocycles. The first-order valence-electron chi connectivity index (χ1n) is 6.88. The fourth-order valence-corrected chi connectivity index (χ4v) is 2.00. The van der Waals surface area contributed by atoms with Gasteiger partial charge in [0.15, 0.2) is 23.2 Å². The first kappa shape index (κ1) is 15.9. The highest BCUT2D eigenvalue weighted by molar-refractivity contribution is 5.96. The Morgan fingerprint density at radius 3 is 2.45 bits per heavy atom. The first-order valence-corrected chi connectivity index (χ1v) is 6.88. The number of ketones is 1. The number of phenols is 1. The Kier molecular flexibility index (Phi) is 5.09. The largest absolute Gasteiger partial charge is 0.503 e. The van der Waals surface area contributed by atoms with Gasteiger partial charge in [0.1, 0.15) is 5.75 Å². The average molecular weight is 306 g/mol. The molecule has 0 fully saturated rings. The van der Waals surface area contributed by atoms with E-state index in [1.165, 1.54) is 0 Å². The number of phenolic OH excluding ortho intramolecular Hbond substituents is 1. The zero-order chi connectivity index (χ0) is 16.1. The molecule has 2 aromatic carbocycles. The van der Waals surface area contributed by atoms with Crippen LogP contribution in [-0.4, -0.2) is 17.5 Å². The Hall–Kier alpha value is -2.43. The molecule has 1 N–H and O–H groups in total. The van der Waals surface area contributed by atoms with Crippen LogP contribution < -0.4 is 4.74 Å². The molecule has 3 nitrogen and oxygen atoms in total. The molecule has 0 aliphatic rings. The Morgan fingerprint density at radius 1 is 1.18 bits per heavy atom. The molecule has 0 unspecified atom stereocenters. The molecule has 0 saturated heterocycles. The lowest BCUT2D eigenvalue weighted by molar-refractivity contribution is 0.0972. The third-order valence-electron chi connectivity index (χ3n) is 3.24. The fraction of sp³-hybridized carbons (Fsp3) is 0.235. The second kappa shape index (κ2) is 7.02. The normalized spacial score (nSPS) is 10.5. The number of Topliss-reactive ketones (excluding diaryl/α,β-unsaturated/α-hetero) is 1. The maximum Gasteiger partial charge on any atom is 0.187 e. The van der Waals surface area contributed by atoms with Crippen molar-refractivity contribution in [3.05, 3.63) is 59.2 Å². The van der Waals surface area contributed by atoms with Crippen LogP contribution in [0.4, 0.5) is 8.78 Å². The van der Waals surface area contributed by atoms with Gasteiger partial charge in [-0.05, 0) is 37.1 Å². The zero-order valence-corrected chi connectivity index (χ0v) is 12.1. The highest BCUT2D eigenvalue weighted by Gasteiger charge is 2.14. The number of hydrogen-bond donors (Lipinski definition) is 1. The van der Waals surface area contributed by atoms with Crippen molar-refractivity contribution in [2.24, 2.45) is 0 Å². The van der Waals surface area contributed by atoms with E-state index in [1.54, 1.807) is 0 Å². The van der Waals surface area contributed by atoms with E-state index in [9.17, 15) is 13.6 Å². The lowest BCUT2D eigenvalue weighted by atomic mass is 10.1. The highest BCUT2D eigenvalue weighted by atomic mass is 19.1. The topological polar surface area (TPSA) is 46.5 Å². The predicted molar refractivity (Wildman–Crippen MR) is 78.3 cm³/mol. The molecule has 116 valence electrons. The molecule has 0 spiro atoms. The maximum atomic E-state index is 13.2. The van der Waals surface area contributed by atoms with Crippen molar-refractivity contribution in [2.75, 3.05) is 6.61 Å². The molecular weight excluding hydrogens is 290 g/mol. The molecule has 0 radical (unpaired) electrons. The summed E-state index contributed by atoms with van der Waals surface area (Å²) in [6.45, 7) is 2.25. The Labute approximate surface area is 127 Å². The predicted octanol–water partition coefficient (Wildman–Crippen LogP) is 4.02. The molecule has 2 rings (SSSR count). The van der Waals surface area contributed by atoms with Crippen molar-refractivity contribution in [2.45, 2.75) is 19.8 Å². The van der Waals surface area contributed by atoms with Crippen LogP contribution in [0.1, 0.15) is 28.8 Å². The molecule has 0 aliphatic carbocycles. The van der Waals surface area contributed by atoms with Crippen molar-refractivity contribution in [1.82, 2.24) is 0 Å². The minimum atomic E-state index is -1.14. The van der Waals surface area contributed by atoms with Crippen LogP contribution in [0.15, 0.2) is 36.4 Å². The summed E-state index contributed by atoms with van der Waals surface area (Å²) in [5, 5.41) is 9.00. The van der Waals surface area contributed by atoms with Gasteiger partial charge < -0.3 is 9.84 Å². The van der Waals surface area contributed by atoms with Gasteiger partial charge in [-0.25, -0.2) is 8.78 Å². The summed E-state index contributed by atoms with van der Waals surface area (Å²) in [5.41, 5.74) is 0.903. The number of carbonyl (C=O) groups is 1. The number of carbonyl (C=O) groups excluding carboxylic acids is 1. The van der Waals surface area contributed by atoms with Gasteiger partial charge in [-0.2, -0.15) is 0 Å². The Bertz CT molecular complexity index is 660. The second-order valence-corrected chi connectivity index (χ2v) is 4.93. The molecule has 0 saturated carbocycles. The van der Waals surface area contributed by atoms with Crippen LogP contribution in [0, 0.1) is 18.6 Å². The van der Waals surface area contributed by atoms with Crippen LogP contribution in [-0.2, 0) is 0 Å². The van der Waals surface area contributed by atoms with Gasteiger partial charge in [0.25, 0.3) is 0 Å². The number of ether oxygens (including phenoxy) is 1. The summed E-state index contributed by atoms with van der Waals surface area (Å²) < 4.78 is 31.9. The van der Waals surface area contributed by atoms with E-state index in [1.807, 2.05) is 31.2 Å². The zero-order valence-electron chi connectivity index (χ0n) is 12.1. The van der Waals surface area contributed by atoms with Gasteiger partial charge in [0.2, 0.25) is 0 Å². The van der Waals surface area contributed by atoms with Crippen LogP contribution >= 0.6 is 0 Å². The van der Waals surface area contributed by atoms with E-state index in [2.05, 4.69) is 0 Å². The first-order chi connectivity index (χ1) is 10.5. The minimum absolute atomic E-state index is 0.0938.